The number of hydrogen-bond acceptors (Lipinski definition) is 7. The molecule has 32 heavy (non-hydrogen) atoms. The maximum absolute atomic E-state index is 13.0. The second-order valence-corrected chi connectivity index (χ2v) is 8.95. The molecule has 0 aliphatic carbocycles. The van der Waals surface area contributed by atoms with Gasteiger partial charge in [0.25, 0.3) is 0 Å². The molecule has 11 heteroatoms. The molecule has 0 heterocycles. The Morgan fingerprint density at radius 1 is 0.969 bits per heavy atom. The van der Waals surface area contributed by atoms with E-state index < -0.39 is 53.3 Å². The number of primary amides is 1. The molecule has 0 aliphatic heterocycles. The van der Waals surface area contributed by atoms with Crippen molar-refractivity contribution < 1.29 is 28.7 Å². The highest BCUT2D eigenvalue weighted by atomic mass is 16.5. The van der Waals surface area contributed by atoms with Gasteiger partial charge in [0.2, 0.25) is 23.6 Å². The van der Waals surface area contributed by atoms with E-state index in [1.165, 1.54) is 21.0 Å². The largest absolute Gasteiger partial charge is 0.467 e. The molecule has 4 atom stereocenters. The number of nitrogens with two attached hydrogens (primary N) is 2. The molecule has 0 fully saturated rings. The van der Waals surface area contributed by atoms with Crippen LogP contribution in [0.2, 0.25) is 0 Å². The molecule has 0 saturated heterocycles. The van der Waals surface area contributed by atoms with Crippen LogP contribution >= 0.6 is 0 Å². The average molecular weight is 458 g/mol. The summed E-state index contributed by atoms with van der Waals surface area (Å²) in [6, 6.07) is -3.13. The van der Waals surface area contributed by atoms with Crippen LogP contribution in [0.5, 0.6) is 0 Å². The van der Waals surface area contributed by atoms with Crippen molar-refractivity contribution in [2.75, 3.05) is 7.11 Å². The van der Waals surface area contributed by atoms with E-state index in [1.54, 1.807) is 6.92 Å². The van der Waals surface area contributed by atoms with Gasteiger partial charge in [0, 0.05) is 0 Å². The van der Waals surface area contributed by atoms with Crippen molar-refractivity contribution >= 4 is 29.6 Å². The Bertz CT molecular complexity index is 694. The zero-order valence-electron chi connectivity index (χ0n) is 20.1. The fourth-order valence-electron chi connectivity index (χ4n) is 2.94. The highest BCUT2D eigenvalue weighted by molar-refractivity contribution is 5.95. The van der Waals surface area contributed by atoms with Crippen molar-refractivity contribution in [1.82, 2.24) is 16.0 Å². The first-order valence-electron chi connectivity index (χ1n) is 10.7. The number of methoxy groups -OCH3 is 1. The average Bonchev–Trinajstić information content (AvgIpc) is 2.68. The van der Waals surface area contributed by atoms with Crippen LogP contribution in [0.1, 0.15) is 60.8 Å². The Hall–Kier alpha value is -2.69. The maximum atomic E-state index is 13.0. The first-order chi connectivity index (χ1) is 14.7. The summed E-state index contributed by atoms with van der Waals surface area (Å²) in [6.07, 6.45) is 0.499. The van der Waals surface area contributed by atoms with Crippen molar-refractivity contribution in [3.8, 4) is 0 Å². The van der Waals surface area contributed by atoms with E-state index in [1.807, 2.05) is 20.8 Å². The third-order valence-electron chi connectivity index (χ3n) is 5.02. The predicted octanol–water partition coefficient (Wildman–Crippen LogP) is -0.681. The molecule has 0 rings (SSSR count). The fraction of sp³-hybridized carbons (Fsp3) is 0.762. The summed E-state index contributed by atoms with van der Waals surface area (Å²) in [5, 5.41) is 7.83. The first-order valence-corrected chi connectivity index (χ1v) is 10.7. The van der Waals surface area contributed by atoms with Crippen LogP contribution < -0.4 is 27.4 Å². The van der Waals surface area contributed by atoms with Gasteiger partial charge >= 0.3 is 5.97 Å². The summed E-state index contributed by atoms with van der Waals surface area (Å²) >= 11 is 0. The highest BCUT2D eigenvalue weighted by Crippen LogP contribution is 2.13. The summed E-state index contributed by atoms with van der Waals surface area (Å²) in [5.41, 5.74) is 9.47. The minimum absolute atomic E-state index is 0.0490. The zero-order chi connectivity index (χ0) is 25.2. The summed E-state index contributed by atoms with van der Waals surface area (Å²) in [6.45, 7) is 10.4. The van der Waals surface area contributed by atoms with E-state index in [2.05, 4.69) is 16.0 Å². The van der Waals surface area contributed by atoms with Crippen molar-refractivity contribution in [3.63, 3.8) is 0 Å². The second kappa shape index (κ2) is 13.0. The SMILES string of the molecule is CC[C@H](C)[C@H](NC(=O)[C@@H](N)CC(N)=O)C(=O)N[C@@H](CC(C)C)C(=O)NC(C)(C)C(=O)OC. The lowest BCUT2D eigenvalue weighted by molar-refractivity contribution is -0.149. The van der Waals surface area contributed by atoms with Gasteiger partial charge in [-0.15, -0.1) is 0 Å². The number of hydrogen-bond donors (Lipinski definition) is 5. The van der Waals surface area contributed by atoms with Gasteiger partial charge in [-0.2, -0.15) is 0 Å². The first kappa shape index (κ1) is 29.3. The van der Waals surface area contributed by atoms with E-state index in [4.69, 9.17) is 16.2 Å². The molecule has 0 radical (unpaired) electrons. The molecule has 11 nitrogen and oxygen atoms in total. The van der Waals surface area contributed by atoms with Gasteiger partial charge in [-0.05, 0) is 32.1 Å². The highest BCUT2D eigenvalue weighted by Gasteiger charge is 2.36. The molecule has 0 bridgehead atoms. The normalized spacial score (nSPS) is 15.2. The van der Waals surface area contributed by atoms with Crippen molar-refractivity contribution in [3.05, 3.63) is 0 Å². The number of ether oxygens (including phenoxy) is 1. The van der Waals surface area contributed by atoms with Gasteiger partial charge in [-0.1, -0.05) is 34.1 Å². The molecule has 0 saturated carbocycles. The fourth-order valence-corrected chi connectivity index (χ4v) is 2.94. The molecule has 0 aromatic rings. The Kier molecular flexibility index (Phi) is 11.9. The number of amides is 4. The summed E-state index contributed by atoms with van der Waals surface area (Å²) in [4.78, 5) is 61.2. The van der Waals surface area contributed by atoms with Crippen LogP contribution in [0.25, 0.3) is 0 Å². The summed E-state index contributed by atoms with van der Waals surface area (Å²) in [7, 11) is 1.21. The van der Waals surface area contributed by atoms with Crippen LogP contribution in [-0.4, -0.2) is 60.4 Å². The standard InChI is InChI=1S/C21H39N5O6/c1-8-12(4)16(25-17(28)13(22)10-15(23)27)19(30)24-14(9-11(2)3)18(29)26-21(5,6)20(31)32-7/h11-14,16H,8-10,22H2,1-7H3,(H2,23,27)(H,24,30)(H,25,28)(H,26,29)/t12-,13-,14-,16-/m0/s1. The molecular weight excluding hydrogens is 418 g/mol. The molecule has 0 aliphatic rings. The number of rotatable bonds is 13. The molecule has 184 valence electrons. The maximum Gasteiger partial charge on any atom is 0.330 e. The number of esters is 1. The van der Waals surface area contributed by atoms with Gasteiger partial charge in [0.05, 0.1) is 19.6 Å². The van der Waals surface area contributed by atoms with Gasteiger partial charge < -0.3 is 32.2 Å². The quantitative estimate of drug-likeness (QED) is 0.227. The van der Waals surface area contributed by atoms with Gasteiger partial charge in [-0.25, -0.2) is 4.79 Å². The van der Waals surface area contributed by atoms with E-state index in [0.29, 0.717) is 12.8 Å². The Morgan fingerprint density at radius 2 is 1.53 bits per heavy atom. The van der Waals surface area contributed by atoms with Crippen LogP contribution in [0, 0.1) is 11.8 Å². The number of carbonyl (C=O) groups is 5. The van der Waals surface area contributed by atoms with Gasteiger partial charge in [0.15, 0.2) is 0 Å². The van der Waals surface area contributed by atoms with Crippen molar-refractivity contribution in [1.29, 1.82) is 0 Å². The summed E-state index contributed by atoms with van der Waals surface area (Å²) in [5.74, 6) is -3.42. The predicted molar refractivity (Wildman–Crippen MR) is 119 cm³/mol. The number of nitrogens with one attached hydrogen (secondary N) is 3. The Morgan fingerprint density at radius 3 is 1.97 bits per heavy atom. The van der Waals surface area contributed by atoms with Crippen LogP contribution in [0.3, 0.4) is 0 Å². The smallest absolute Gasteiger partial charge is 0.330 e. The second-order valence-electron chi connectivity index (χ2n) is 8.95. The lowest BCUT2D eigenvalue weighted by Gasteiger charge is -2.30. The van der Waals surface area contributed by atoms with E-state index in [0.717, 1.165) is 0 Å². The molecule has 0 aromatic heterocycles. The third kappa shape index (κ3) is 9.63. The monoisotopic (exact) mass is 457 g/mol. The topological polar surface area (TPSA) is 183 Å². The molecule has 0 spiro atoms. The number of carbonyl (C=O) groups excluding carboxylic acids is 5. The molecular formula is C21H39N5O6. The lowest BCUT2D eigenvalue weighted by atomic mass is 9.96. The molecule has 4 amide bonds. The van der Waals surface area contributed by atoms with Crippen molar-refractivity contribution in [2.45, 2.75) is 84.5 Å². The van der Waals surface area contributed by atoms with Gasteiger partial charge in [0.1, 0.15) is 17.6 Å². The molecule has 0 unspecified atom stereocenters. The van der Waals surface area contributed by atoms with Crippen molar-refractivity contribution in [2.24, 2.45) is 23.3 Å². The lowest BCUT2D eigenvalue weighted by Crippen LogP contribution is -2.60. The van der Waals surface area contributed by atoms with Crippen LogP contribution in [0.4, 0.5) is 0 Å². The third-order valence-corrected chi connectivity index (χ3v) is 5.02. The molecule has 0 aromatic carbocycles. The Labute approximate surface area is 189 Å². The van der Waals surface area contributed by atoms with Crippen LogP contribution in [-0.2, 0) is 28.7 Å². The summed E-state index contributed by atoms with van der Waals surface area (Å²) < 4.78 is 4.70. The van der Waals surface area contributed by atoms with Gasteiger partial charge in [-0.3, -0.25) is 19.2 Å². The van der Waals surface area contributed by atoms with E-state index in [9.17, 15) is 24.0 Å². The molecule has 7 N–H and O–H groups in total. The van der Waals surface area contributed by atoms with E-state index >= 15 is 0 Å². The minimum atomic E-state index is -1.29. The van der Waals surface area contributed by atoms with Crippen LogP contribution in [0.15, 0.2) is 0 Å². The van der Waals surface area contributed by atoms with E-state index in [-0.39, 0.29) is 18.3 Å². The minimum Gasteiger partial charge on any atom is -0.467 e. The zero-order valence-corrected chi connectivity index (χ0v) is 20.1. The Balaban J connectivity index is 5.57.